The third-order valence-electron chi connectivity index (χ3n) is 3.75. The van der Waals surface area contributed by atoms with Crippen LogP contribution in [0.3, 0.4) is 0 Å². The van der Waals surface area contributed by atoms with Gasteiger partial charge in [-0.1, -0.05) is 0 Å². The van der Waals surface area contributed by atoms with Crippen molar-refractivity contribution >= 4 is 28.6 Å². The molecule has 0 saturated carbocycles. The quantitative estimate of drug-likeness (QED) is 0.591. The fourth-order valence-corrected chi connectivity index (χ4v) is 2.58. The number of aromatic amines is 1. The number of aromatic nitrogens is 2. The first-order valence-electron chi connectivity index (χ1n) is 8.18. The molecule has 0 saturated heterocycles. The van der Waals surface area contributed by atoms with Gasteiger partial charge in [0.05, 0.1) is 11.2 Å². The largest absolute Gasteiger partial charge is 0.381 e. The molecule has 5 nitrogen and oxygen atoms in total. The van der Waals surface area contributed by atoms with Gasteiger partial charge in [0.1, 0.15) is 11.6 Å². The minimum Gasteiger partial charge on any atom is -0.381 e. The maximum absolute atomic E-state index is 13.3. The van der Waals surface area contributed by atoms with E-state index in [0.29, 0.717) is 17.8 Å². The van der Waals surface area contributed by atoms with Crippen LogP contribution in [0.25, 0.3) is 17.0 Å². The lowest BCUT2D eigenvalue weighted by molar-refractivity contribution is -0.116. The number of nitrogens with one attached hydrogen (secondary N) is 3. The molecule has 3 N–H and O–H groups in total. The predicted molar refractivity (Wildman–Crippen MR) is 97.5 cm³/mol. The molecule has 0 unspecified atom stereocenters. The molecule has 1 heterocycles. The average Bonchev–Trinajstić information content (AvgIpc) is 3.00. The van der Waals surface area contributed by atoms with Crippen LogP contribution >= 0.6 is 0 Å². The molecule has 0 aliphatic heterocycles. The highest BCUT2D eigenvalue weighted by atomic mass is 19.1. The smallest absolute Gasteiger partial charge is 0.244 e. The van der Waals surface area contributed by atoms with Crippen molar-refractivity contribution in [3.8, 4) is 0 Å². The molecule has 0 bridgehead atoms. The van der Waals surface area contributed by atoms with Gasteiger partial charge < -0.3 is 10.6 Å². The summed E-state index contributed by atoms with van der Waals surface area (Å²) < 4.78 is 26.5. The van der Waals surface area contributed by atoms with Crippen LogP contribution in [0.2, 0.25) is 0 Å². The Morgan fingerprint density at radius 1 is 1.19 bits per heavy atom. The number of carbonyl (C=O) groups excluding carboxylic acids is 1. The van der Waals surface area contributed by atoms with Crippen LogP contribution in [-0.2, 0) is 11.3 Å². The summed E-state index contributed by atoms with van der Waals surface area (Å²) in [5.41, 5.74) is 2.73. The standard InChI is InChI=1S/C19H18F2N4O/c1-2-22-19(26)6-5-18-16-10-15(3-4-17(16)24-25-18)23-11-12-7-13(20)9-14(21)8-12/h3-10,23H,2,11H2,1H3,(H,22,26)(H,24,25)/b6-5+. The van der Waals surface area contributed by atoms with Crippen molar-refractivity contribution in [2.45, 2.75) is 13.5 Å². The molecule has 1 aromatic heterocycles. The first kappa shape index (κ1) is 17.6. The number of rotatable bonds is 6. The van der Waals surface area contributed by atoms with E-state index in [9.17, 15) is 13.6 Å². The highest BCUT2D eigenvalue weighted by Gasteiger charge is 2.06. The lowest BCUT2D eigenvalue weighted by Gasteiger charge is -2.07. The van der Waals surface area contributed by atoms with Crippen molar-refractivity contribution in [2.75, 3.05) is 11.9 Å². The van der Waals surface area contributed by atoms with Crippen LogP contribution in [0.1, 0.15) is 18.2 Å². The van der Waals surface area contributed by atoms with Crippen LogP contribution in [-0.4, -0.2) is 22.6 Å². The molecule has 26 heavy (non-hydrogen) atoms. The number of hydrogen-bond acceptors (Lipinski definition) is 3. The lowest BCUT2D eigenvalue weighted by atomic mass is 10.1. The van der Waals surface area contributed by atoms with Crippen molar-refractivity contribution in [3.05, 3.63) is 65.4 Å². The number of halogens is 2. The van der Waals surface area contributed by atoms with Gasteiger partial charge in [-0.3, -0.25) is 9.89 Å². The van der Waals surface area contributed by atoms with E-state index < -0.39 is 11.6 Å². The number of anilines is 1. The molecule has 0 radical (unpaired) electrons. The van der Waals surface area contributed by atoms with Crippen LogP contribution in [0.15, 0.2) is 42.5 Å². The topological polar surface area (TPSA) is 69.8 Å². The first-order chi connectivity index (χ1) is 12.5. The Morgan fingerprint density at radius 2 is 1.96 bits per heavy atom. The van der Waals surface area contributed by atoms with E-state index in [1.807, 2.05) is 25.1 Å². The number of amides is 1. The molecule has 0 spiro atoms. The Kier molecular flexibility index (Phi) is 5.26. The van der Waals surface area contributed by atoms with Crippen LogP contribution < -0.4 is 10.6 Å². The molecule has 3 aromatic rings. The molecular formula is C19H18F2N4O. The normalized spacial score (nSPS) is 11.2. The van der Waals surface area contributed by atoms with E-state index in [1.54, 1.807) is 6.08 Å². The molecule has 0 aliphatic carbocycles. The van der Waals surface area contributed by atoms with Gasteiger partial charge in [-0.15, -0.1) is 0 Å². The SMILES string of the molecule is CCNC(=O)/C=C/c1[nH]nc2ccc(NCc3cc(F)cc(F)c3)cc12. The summed E-state index contributed by atoms with van der Waals surface area (Å²) in [7, 11) is 0. The third kappa shape index (κ3) is 4.24. The van der Waals surface area contributed by atoms with E-state index in [4.69, 9.17) is 0 Å². The lowest BCUT2D eigenvalue weighted by Crippen LogP contribution is -2.19. The maximum atomic E-state index is 13.3. The first-order valence-corrected chi connectivity index (χ1v) is 8.18. The molecule has 0 aliphatic rings. The Morgan fingerprint density at radius 3 is 2.69 bits per heavy atom. The van der Waals surface area contributed by atoms with Gasteiger partial charge in [-0.25, -0.2) is 8.78 Å². The number of hydrogen-bond donors (Lipinski definition) is 3. The second-order valence-electron chi connectivity index (χ2n) is 5.73. The highest BCUT2D eigenvalue weighted by molar-refractivity contribution is 5.95. The van der Waals surface area contributed by atoms with Gasteiger partial charge >= 0.3 is 0 Å². The maximum Gasteiger partial charge on any atom is 0.244 e. The van der Waals surface area contributed by atoms with Crippen molar-refractivity contribution in [1.29, 1.82) is 0 Å². The fourth-order valence-electron chi connectivity index (χ4n) is 2.58. The summed E-state index contributed by atoms with van der Waals surface area (Å²) >= 11 is 0. The molecule has 134 valence electrons. The summed E-state index contributed by atoms with van der Waals surface area (Å²) in [5.74, 6) is -1.40. The van der Waals surface area contributed by atoms with Crippen LogP contribution in [0.5, 0.6) is 0 Å². The zero-order valence-corrected chi connectivity index (χ0v) is 14.1. The van der Waals surface area contributed by atoms with Crippen molar-refractivity contribution in [1.82, 2.24) is 15.5 Å². The van der Waals surface area contributed by atoms with Gasteiger partial charge in [0.2, 0.25) is 5.91 Å². The summed E-state index contributed by atoms with van der Waals surface area (Å²) in [6.07, 6.45) is 3.10. The average molecular weight is 356 g/mol. The molecule has 0 fully saturated rings. The fraction of sp³-hybridized carbons (Fsp3) is 0.158. The number of H-pyrrole nitrogens is 1. The van der Waals surface area contributed by atoms with Crippen LogP contribution in [0, 0.1) is 11.6 Å². The van der Waals surface area contributed by atoms with Crippen molar-refractivity contribution in [3.63, 3.8) is 0 Å². The molecular weight excluding hydrogens is 338 g/mol. The Bertz CT molecular complexity index is 945. The summed E-state index contributed by atoms with van der Waals surface area (Å²) in [6.45, 7) is 2.68. The second kappa shape index (κ2) is 7.77. The van der Waals surface area contributed by atoms with Gasteiger partial charge in [0, 0.05) is 36.3 Å². The van der Waals surface area contributed by atoms with E-state index >= 15 is 0 Å². The van der Waals surface area contributed by atoms with Gasteiger partial charge in [0.15, 0.2) is 0 Å². The predicted octanol–water partition coefficient (Wildman–Crippen LogP) is 3.60. The number of benzene rings is 2. The molecule has 2 aromatic carbocycles. The second-order valence-corrected chi connectivity index (χ2v) is 5.73. The van der Waals surface area contributed by atoms with Crippen molar-refractivity contribution < 1.29 is 13.6 Å². The summed E-state index contributed by atoms with van der Waals surface area (Å²) in [5, 5.41) is 13.7. The molecule has 1 amide bonds. The van der Waals surface area contributed by atoms with Crippen molar-refractivity contribution in [2.24, 2.45) is 0 Å². The number of nitrogens with zero attached hydrogens (tertiary/aromatic N) is 1. The minimum absolute atomic E-state index is 0.183. The van der Waals surface area contributed by atoms with Gasteiger partial charge in [-0.05, 0) is 48.9 Å². The molecule has 3 rings (SSSR count). The van der Waals surface area contributed by atoms with E-state index in [-0.39, 0.29) is 12.5 Å². The van der Waals surface area contributed by atoms with Gasteiger partial charge in [-0.2, -0.15) is 5.10 Å². The third-order valence-corrected chi connectivity index (χ3v) is 3.75. The molecule has 0 atom stereocenters. The highest BCUT2D eigenvalue weighted by Crippen LogP contribution is 2.22. The Balaban J connectivity index is 1.77. The van der Waals surface area contributed by atoms with E-state index in [0.717, 1.165) is 22.7 Å². The number of carbonyl (C=O) groups is 1. The minimum atomic E-state index is -0.607. The van der Waals surface area contributed by atoms with E-state index in [2.05, 4.69) is 20.8 Å². The Hall–Kier alpha value is -3.22. The van der Waals surface area contributed by atoms with E-state index in [1.165, 1.54) is 18.2 Å². The monoisotopic (exact) mass is 356 g/mol. The number of likely N-dealkylation sites (N-methyl/N-ethyl adjacent to an activating group) is 1. The summed E-state index contributed by atoms with van der Waals surface area (Å²) in [6, 6.07) is 8.93. The zero-order chi connectivity index (χ0) is 18.5. The Labute approximate surface area is 149 Å². The summed E-state index contributed by atoms with van der Waals surface area (Å²) in [4.78, 5) is 11.5. The van der Waals surface area contributed by atoms with Crippen LogP contribution in [0.4, 0.5) is 14.5 Å². The molecule has 7 heteroatoms. The zero-order valence-electron chi connectivity index (χ0n) is 14.1. The van der Waals surface area contributed by atoms with Gasteiger partial charge in [0.25, 0.3) is 0 Å². The number of fused-ring (bicyclic) bond motifs is 1.